The summed E-state index contributed by atoms with van der Waals surface area (Å²) in [5.74, 6) is 0.789. The van der Waals surface area contributed by atoms with Crippen LogP contribution in [0.25, 0.3) is 0 Å². The Kier molecular flexibility index (Phi) is 26.5. The minimum absolute atomic E-state index is 0.0325. The number of likely N-dealkylation sites (N-methyl/N-ethyl adjacent to an activating group) is 1. The van der Waals surface area contributed by atoms with Crippen LogP contribution in [0.1, 0.15) is 73.0 Å². The molecule has 2 aliphatic heterocycles. The van der Waals surface area contributed by atoms with E-state index in [1.165, 1.54) is 60.8 Å². The minimum Gasteiger partial charge on any atom is -0.484 e. The average Bonchev–Trinajstić information content (AvgIpc) is 2.48. The molecule has 8 rings (SSSR count). The maximum absolute atomic E-state index is 13.0. The topological polar surface area (TPSA) is 234 Å². The van der Waals surface area contributed by atoms with Crippen molar-refractivity contribution in [3.8, 4) is 11.5 Å². The lowest BCUT2D eigenvalue weighted by molar-refractivity contribution is -0.124. The van der Waals surface area contributed by atoms with Gasteiger partial charge in [-0.3, -0.25) is 24.3 Å². The van der Waals surface area contributed by atoms with Crippen molar-refractivity contribution in [3.05, 3.63) is 119 Å². The van der Waals surface area contributed by atoms with Gasteiger partial charge in [-0.15, -0.1) is 0 Å². The number of nitrogens with zero attached hydrogens (tertiary/aromatic N) is 3. The lowest BCUT2D eigenvalue weighted by Crippen LogP contribution is -2.43. The molecule has 0 aromatic heterocycles. The molecule has 2 aliphatic carbocycles. The van der Waals surface area contributed by atoms with Gasteiger partial charge in [0, 0.05) is 26.2 Å². The summed E-state index contributed by atoms with van der Waals surface area (Å²) >= 11 is 0. The largest absolute Gasteiger partial charge is 0.484 e. The Morgan fingerprint density at radius 3 is 1.15 bits per heavy atom. The molecule has 0 saturated carbocycles. The molecule has 2 fully saturated rings. The van der Waals surface area contributed by atoms with E-state index >= 15 is 0 Å². The van der Waals surface area contributed by atoms with Crippen LogP contribution in [0.4, 0.5) is 0 Å². The first-order valence-electron chi connectivity index (χ1n) is 29.8. The second kappa shape index (κ2) is 34.3. The molecular formula is C61H87N7O14S2. The number of piperidine rings is 2. The molecule has 21 nitrogen and oxygen atoms in total. The number of carbonyl (C=O) groups excluding carboxylic acids is 2. The Bertz CT molecular complexity index is 2650. The van der Waals surface area contributed by atoms with E-state index in [9.17, 15) is 26.4 Å². The third kappa shape index (κ3) is 20.5. The molecule has 2 saturated heterocycles. The van der Waals surface area contributed by atoms with Crippen molar-refractivity contribution in [2.45, 2.75) is 85.4 Å². The number of sulfonamides is 2. The maximum Gasteiger partial charge on any atom is 0.240 e. The third-order valence-corrected chi connectivity index (χ3v) is 18.3. The van der Waals surface area contributed by atoms with E-state index in [0.717, 1.165) is 39.0 Å². The van der Waals surface area contributed by atoms with Crippen molar-refractivity contribution in [3.63, 3.8) is 0 Å². The zero-order valence-corrected chi connectivity index (χ0v) is 50.3. The van der Waals surface area contributed by atoms with Crippen LogP contribution in [0.5, 0.6) is 11.5 Å². The standard InChI is InChI=1S/C61H87N7O14S2/c1-66(46-58(69)62-24-32-75-36-40-79-42-38-77-34-26-64-83(71,72)52-20-16-50(17-21-52)81-60-54-14-6-4-12-48(54)44-56(60)67-28-8-2-9-29-67)47-59(70)63-25-33-76-37-41-80-43-39-78-35-27-65-84(73,74)53-22-18-51(19-23-53)82-61-55-15-7-5-13-49(55)45-57(61)68-30-10-3-11-31-68/h4-7,12-23,56-57,60-61,64-65H,2-3,8-11,24-47H2,1H3,(H,62,69)(H,63,70). The number of carbonyl (C=O) groups is 2. The summed E-state index contributed by atoms with van der Waals surface area (Å²) in [5, 5.41) is 5.54. The Morgan fingerprint density at radius 2 is 0.786 bits per heavy atom. The number of benzene rings is 4. The van der Waals surface area contributed by atoms with E-state index in [0.29, 0.717) is 64.2 Å². The SMILES string of the molecule is CN(CC(=O)NCCOCCOCCOCCNS(=O)(=O)c1ccc(OC2c3ccccc3CC2N2CCCCC2)cc1)CC(=O)NCCOCCOCCOCCNS(=O)(=O)c1ccc(OC2c3ccccc3CC2N2CCCCC2)cc1. The molecule has 0 bridgehead atoms. The molecule has 4 aliphatic rings. The molecule has 4 aromatic carbocycles. The summed E-state index contributed by atoms with van der Waals surface area (Å²) in [6.45, 7) is 8.55. The van der Waals surface area contributed by atoms with Crippen LogP contribution in [0.2, 0.25) is 0 Å². The van der Waals surface area contributed by atoms with Crippen LogP contribution in [0.15, 0.2) is 107 Å². The first-order chi connectivity index (χ1) is 40.9. The summed E-state index contributed by atoms with van der Waals surface area (Å²) in [6, 6.07) is 30.6. The molecule has 4 N–H and O–H groups in total. The molecule has 23 heteroatoms. The van der Waals surface area contributed by atoms with E-state index in [1.54, 1.807) is 60.5 Å². The highest BCUT2D eigenvalue weighted by Crippen LogP contribution is 2.40. The molecule has 2 amide bonds. The highest BCUT2D eigenvalue weighted by atomic mass is 32.2. The normalized spacial score (nSPS) is 19.3. The van der Waals surface area contributed by atoms with E-state index in [4.69, 9.17) is 37.9 Å². The molecule has 2 heterocycles. The molecule has 0 spiro atoms. The number of hydrogen-bond acceptors (Lipinski definition) is 17. The van der Waals surface area contributed by atoms with Gasteiger partial charge in [0.1, 0.15) is 23.7 Å². The fourth-order valence-electron chi connectivity index (χ4n) is 11.1. The van der Waals surface area contributed by atoms with Crippen molar-refractivity contribution in [2.75, 3.05) is 152 Å². The highest BCUT2D eigenvalue weighted by Gasteiger charge is 2.40. The van der Waals surface area contributed by atoms with Gasteiger partial charge < -0.3 is 48.5 Å². The van der Waals surface area contributed by atoms with Crippen molar-refractivity contribution in [2.24, 2.45) is 0 Å². The summed E-state index contributed by atoms with van der Waals surface area (Å²) in [7, 11) is -5.80. The van der Waals surface area contributed by atoms with Gasteiger partial charge in [-0.05, 0) is 143 Å². The van der Waals surface area contributed by atoms with E-state index in [1.807, 2.05) is 12.1 Å². The average molecular weight is 1210 g/mol. The lowest BCUT2D eigenvalue weighted by atomic mass is 10.0. The number of fused-ring (bicyclic) bond motifs is 2. The number of amides is 2. The minimum atomic E-state index is -3.74. The third-order valence-electron chi connectivity index (χ3n) is 15.3. The monoisotopic (exact) mass is 1210 g/mol. The number of hydrogen-bond donors (Lipinski definition) is 4. The summed E-state index contributed by atoms with van der Waals surface area (Å²) in [5.41, 5.74) is 5.02. The zero-order chi connectivity index (χ0) is 58.8. The Hall–Kier alpha value is -5.12. The van der Waals surface area contributed by atoms with E-state index < -0.39 is 20.0 Å². The quantitative estimate of drug-likeness (QED) is 0.0459. The van der Waals surface area contributed by atoms with Crippen LogP contribution in [-0.2, 0) is 70.9 Å². The van der Waals surface area contributed by atoms with Crippen molar-refractivity contribution < 1.29 is 64.3 Å². The summed E-state index contributed by atoms with van der Waals surface area (Å²) < 4.78 is 103. The summed E-state index contributed by atoms with van der Waals surface area (Å²) in [6.07, 6.45) is 9.00. The van der Waals surface area contributed by atoms with Crippen molar-refractivity contribution in [1.29, 1.82) is 0 Å². The van der Waals surface area contributed by atoms with Gasteiger partial charge in [0.15, 0.2) is 0 Å². The number of rotatable bonds is 38. The van der Waals surface area contributed by atoms with Gasteiger partial charge in [0.2, 0.25) is 31.9 Å². The molecule has 4 aromatic rings. The molecule has 0 radical (unpaired) electrons. The predicted octanol–water partition coefficient (Wildman–Crippen LogP) is 4.27. The second-order valence-electron chi connectivity index (χ2n) is 21.5. The zero-order valence-electron chi connectivity index (χ0n) is 48.6. The van der Waals surface area contributed by atoms with Crippen LogP contribution in [-0.4, -0.2) is 207 Å². The number of ether oxygens (including phenoxy) is 8. The molecular weight excluding hydrogens is 1120 g/mol. The first-order valence-corrected chi connectivity index (χ1v) is 32.7. The summed E-state index contributed by atoms with van der Waals surface area (Å²) in [4.78, 5) is 31.7. The van der Waals surface area contributed by atoms with Gasteiger partial charge in [-0.2, -0.15) is 0 Å². The fraction of sp³-hybridized carbons (Fsp3) is 0.574. The highest BCUT2D eigenvalue weighted by molar-refractivity contribution is 7.89. The fourth-order valence-corrected chi connectivity index (χ4v) is 13.1. The van der Waals surface area contributed by atoms with Crippen LogP contribution < -0.4 is 29.6 Å². The van der Waals surface area contributed by atoms with Gasteiger partial charge in [-0.25, -0.2) is 26.3 Å². The van der Waals surface area contributed by atoms with Gasteiger partial charge in [0.05, 0.1) is 114 Å². The predicted molar refractivity (Wildman–Crippen MR) is 317 cm³/mol. The first kappa shape index (κ1) is 64.9. The van der Waals surface area contributed by atoms with Crippen LogP contribution in [0, 0.1) is 0 Å². The number of likely N-dealkylation sites (tertiary alicyclic amines) is 2. The molecule has 462 valence electrons. The van der Waals surface area contributed by atoms with E-state index in [2.05, 4.69) is 66.3 Å². The van der Waals surface area contributed by atoms with Crippen LogP contribution in [0.3, 0.4) is 0 Å². The maximum atomic E-state index is 13.0. The van der Waals surface area contributed by atoms with E-state index in [-0.39, 0.29) is 112 Å². The van der Waals surface area contributed by atoms with Crippen molar-refractivity contribution >= 4 is 31.9 Å². The van der Waals surface area contributed by atoms with Gasteiger partial charge in [0.25, 0.3) is 0 Å². The van der Waals surface area contributed by atoms with Gasteiger partial charge in [-0.1, -0.05) is 61.4 Å². The smallest absolute Gasteiger partial charge is 0.240 e. The number of nitrogens with one attached hydrogen (secondary N) is 4. The second-order valence-corrected chi connectivity index (χ2v) is 25.0. The molecule has 84 heavy (non-hydrogen) atoms. The van der Waals surface area contributed by atoms with Crippen molar-refractivity contribution in [1.82, 2.24) is 34.8 Å². The molecule has 4 atom stereocenters. The lowest BCUT2D eigenvalue weighted by Gasteiger charge is -2.35. The molecule has 4 unspecified atom stereocenters. The Labute approximate surface area is 496 Å². The Morgan fingerprint density at radius 1 is 0.452 bits per heavy atom. The van der Waals surface area contributed by atoms with Crippen LogP contribution >= 0.6 is 0 Å². The van der Waals surface area contributed by atoms with Gasteiger partial charge >= 0.3 is 0 Å². The Balaban J connectivity index is 0.557.